The number of aromatic nitrogens is 1. The van der Waals surface area contributed by atoms with E-state index in [1.54, 1.807) is 18.3 Å². The standard InChI is InChI=1S/C13H17BrN2O2/c1-13(8-17)6-2-5-10(13)16-12(18)9-4-3-7-15-11(9)14/h3-4,7,10,17H,2,5-6,8H2,1H3,(H,16,18). The van der Waals surface area contributed by atoms with E-state index >= 15 is 0 Å². The second-order valence-electron chi connectivity index (χ2n) is 5.07. The number of hydrogen-bond acceptors (Lipinski definition) is 3. The molecule has 0 spiro atoms. The van der Waals surface area contributed by atoms with Gasteiger partial charge < -0.3 is 10.4 Å². The molecule has 1 aliphatic rings. The van der Waals surface area contributed by atoms with Crippen molar-refractivity contribution >= 4 is 21.8 Å². The minimum Gasteiger partial charge on any atom is -0.396 e. The van der Waals surface area contributed by atoms with Gasteiger partial charge in [0.25, 0.3) is 5.91 Å². The topological polar surface area (TPSA) is 62.2 Å². The van der Waals surface area contributed by atoms with Crippen molar-refractivity contribution < 1.29 is 9.90 Å². The number of halogens is 1. The van der Waals surface area contributed by atoms with Crippen LogP contribution in [-0.4, -0.2) is 28.6 Å². The average Bonchev–Trinajstić information content (AvgIpc) is 2.72. The van der Waals surface area contributed by atoms with Gasteiger partial charge in [0, 0.05) is 17.7 Å². The SMILES string of the molecule is CC1(CO)CCCC1NC(=O)c1cccnc1Br. The van der Waals surface area contributed by atoms with Crippen LogP contribution >= 0.6 is 15.9 Å². The largest absolute Gasteiger partial charge is 0.396 e. The number of hydrogen-bond donors (Lipinski definition) is 2. The van der Waals surface area contributed by atoms with E-state index in [9.17, 15) is 9.90 Å². The maximum absolute atomic E-state index is 12.2. The molecule has 18 heavy (non-hydrogen) atoms. The molecule has 1 heterocycles. The van der Waals surface area contributed by atoms with Crippen molar-refractivity contribution in [3.8, 4) is 0 Å². The van der Waals surface area contributed by atoms with Crippen LogP contribution in [0.2, 0.25) is 0 Å². The quantitative estimate of drug-likeness (QED) is 0.840. The zero-order chi connectivity index (χ0) is 13.2. The third kappa shape index (κ3) is 2.57. The predicted octanol–water partition coefficient (Wildman–Crippen LogP) is 2.12. The van der Waals surface area contributed by atoms with E-state index in [2.05, 4.69) is 26.2 Å². The molecular formula is C13H17BrN2O2. The monoisotopic (exact) mass is 312 g/mol. The molecule has 1 saturated carbocycles. The van der Waals surface area contributed by atoms with Crippen molar-refractivity contribution in [2.24, 2.45) is 5.41 Å². The molecule has 0 saturated heterocycles. The van der Waals surface area contributed by atoms with Crippen LogP contribution in [0.25, 0.3) is 0 Å². The molecule has 0 radical (unpaired) electrons. The summed E-state index contributed by atoms with van der Waals surface area (Å²) in [4.78, 5) is 16.2. The first-order valence-corrected chi connectivity index (χ1v) is 6.88. The Morgan fingerprint density at radius 1 is 1.72 bits per heavy atom. The smallest absolute Gasteiger partial charge is 0.254 e. The molecule has 1 aromatic heterocycles. The zero-order valence-electron chi connectivity index (χ0n) is 10.3. The van der Waals surface area contributed by atoms with E-state index in [0.717, 1.165) is 19.3 Å². The van der Waals surface area contributed by atoms with Gasteiger partial charge in [-0.3, -0.25) is 4.79 Å². The Morgan fingerprint density at radius 3 is 3.17 bits per heavy atom. The first-order valence-electron chi connectivity index (χ1n) is 6.09. The maximum Gasteiger partial charge on any atom is 0.254 e. The van der Waals surface area contributed by atoms with Crippen molar-refractivity contribution in [3.63, 3.8) is 0 Å². The highest BCUT2D eigenvalue weighted by atomic mass is 79.9. The summed E-state index contributed by atoms with van der Waals surface area (Å²) in [7, 11) is 0. The van der Waals surface area contributed by atoms with Crippen LogP contribution in [0.15, 0.2) is 22.9 Å². The number of carbonyl (C=O) groups is 1. The number of nitrogens with one attached hydrogen (secondary N) is 1. The Morgan fingerprint density at radius 2 is 2.50 bits per heavy atom. The number of aliphatic hydroxyl groups is 1. The molecule has 1 aliphatic carbocycles. The first kappa shape index (κ1) is 13.5. The molecule has 2 unspecified atom stereocenters. The summed E-state index contributed by atoms with van der Waals surface area (Å²) >= 11 is 3.27. The van der Waals surface area contributed by atoms with Gasteiger partial charge in [-0.2, -0.15) is 0 Å². The van der Waals surface area contributed by atoms with Crippen molar-refractivity contribution in [3.05, 3.63) is 28.5 Å². The number of aliphatic hydroxyl groups excluding tert-OH is 1. The van der Waals surface area contributed by atoms with Crippen molar-refractivity contribution in [1.29, 1.82) is 0 Å². The molecule has 1 amide bonds. The van der Waals surface area contributed by atoms with Gasteiger partial charge in [-0.25, -0.2) is 4.98 Å². The minimum atomic E-state index is -0.204. The van der Waals surface area contributed by atoms with Crippen LogP contribution in [0.4, 0.5) is 0 Å². The van der Waals surface area contributed by atoms with Crippen LogP contribution in [0, 0.1) is 5.41 Å². The third-order valence-corrected chi connectivity index (χ3v) is 4.38. The number of nitrogens with zero attached hydrogens (tertiary/aromatic N) is 1. The van der Waals surface area contributed by atoms with Crippen LogP contribution in [0.3, 0.4) is 0 Å². The third-order valence-electron chi connectivity index (χ3n) is 3.75. The van der Waals surface area contributed by atoms with Crippen molar-refractivity contribution in [2.75, 3.05) is 6.61 Å². The molecule has 1 fully saturated rings. The first-order chi connectivity index (χ1) is 8.57. The Kier molecular flexibility index (Phi) is 4.02. The summed E-state index contributed by atoms with van der Waals surface area (Å²) in [5.41, 5.74) is 0.328. The van der Waals surface area contributed by atoms with E-state index in [4.69, 9.17) is 0 Å². The normalized spacial score (nSPS) is 27.2. The van der Waals surface area contributed by atoms with Gasteiger partial charge in [0.05, 0.1) is 12.2 Å². The molecule has 1 aromatic rings. The molecular weight excluding hydrogens is 296 g/mol. The number of amides is 1. The van der Waals surface area contributed by atoms with Crippen molar-refractivity contribution in [2.45, 2.75) is 32.2 Å². The molecule has 2 N–H and O–H groups in total. The lowest BCUT2D eigenvalue weighted by Crippen LogP contribution is -2.44. The number of carbonyl (C=O) groups excluding carboxylic acids is 1. The van der Waals surface area contributed by atoms with E-state index in [-0.39, 0.29) is 24.0 Å². The maximum atomic E-state index is 12.2. The van der Waals surface area contributed by atoms with Gasteiger partial charge >= 0.3 is 0 Å². The van der Waals surface area contributed by atoms with E-state index in [0.29, 0.717) is 10.2 Å². The minimum absolute atomic E-state index is 0.0297. The van der Waals surface area contributed by atoms with Gasteiger partial charge in [0.2, 0.25) is 0 Å². The number of rotatable bonds is 3. The molecule has 0 aliphatic heterocycles. The highest BCUT2D eigenvalue weighted by Gasteiger charge is 2.39. The Bertz CT molecular complexity index is 452. The highest BCUT2D eigenvalue weighted by Crippen LogP contribution is 2.37. The molecule has 5 heteroatoms. The van der Waals surface area contributed by atoms with Gasteiger partial charge in [0.15, 0.2) is 0 Å². The van der Waals surface area contributed by atoms with E-state index in [1.165, 1.54) is 0 Å². The molecule has 2 rings (SSSR count). The molecule has 4 nitrogen and oxygen atoms in total. The summed E-state index contributed by atoms with van der Waals surface area (Å²) in [6.45, 7) is 2.12. The lowest BCUT2D eigenvalue weighted by molar-refractivity contribution is 0.0829. The van der Waals surface area contributed by atoms with Crippen LogP contribution in [-0.2, 0) is 0 Å². The molecule has 0 bridgehead atoms. The molecule has 2 atom stereocenters. The van der Waals surface area contributed by atoms with Crippen LogP contribution in [0.1, 0.15) is 36.5 Å². The predicted molar refractivity (Wildman–Crippen MR) is 72.2 cm³/mol. The second kappa shape index (κ2) is 5.36. The number of pyridine rings is 1. The van der Waals surface area contributed by atoms with Crippen LogP contribution in [0.5, 0.6) is 0 Å². The van der Waals surface area contributed by atoms with Crippen molar-refractivity contribution in [1.82, 2.24) is 10.3 Å². The van der Waals surface area contributed by atoms with Gasteiger partial charge in [0.1, 0.15) is 4.60 Å². The Hall–Kier alpha value is -0.940. The fourth-order valence-electron chi connectivity index (χ4n) is 2.46. The summed E-state index contributed by atoms with van der Waals surface area (Å²) in [5, 5.41) is 12.5. The summed E-state index contributed by atoms with van der Waals surface area (Å²) in [6.07, 6.45) is 4.54. The zero-order valence-corrected chi connectivity index (χ0v) is 11.9. The van der Waals surface area contributed by atoms with Crippen LogP contribution < -0.4 is 5.32 Å². The summed E-state index contributed by atoms with van der Waals surface area (Å²) < 4.78 is 0.547. The van der Waals surface area contributed by atoms with E-state index < -0.39 is 0 Å². The Labute approximate surface area is 115 Å². The Balaban J connectivity index is 2.11. The summed E-state index contributed by atoms with van der Waals surface area (Å²) in [6, 6.07) is 3.50. The fraction of sp³-hybridized carbons (Fsp3) is 0.538. The summed E-state index contributed by atoms with van der Waals surface area (Å²) in [5.74, 6) is -0.137. The second-order valence-corrected chi connectivity index (χ2v) is 5.82. The van der Waals surface area contributed by atoms with Gasteiger partial charge in [-0.15, -0.1) is 0 Å². The molecule has 98 valence electrons. The highest BCUT2D eigenvalue weighted by molar-refractivity contribution is 9.10. The van der Waals surface area contributed by atoms with Gasteiger partial charge in [-0.05, 0) is 40.9 Å². The van der Waals surface area contributed by atoms with E-state index in [1.807, 2.05) is 6.92 Å². The lowest BCUT2D eigenvalue weighted by Gasteiger charge is -2.30. The molecule has 0 aromatic carbocycles. The average molecular weight is 313 g/mol. The fourth-order valence-corrected chi connectivity index (χ4v) is 2.89. The van der Waals surface area contributed by atoms with Gasteiger partial charge in [-0.1, -0.05) is 13.3 Å². The lowest BCUT2D eigenvalue weighted by atomic mass is 9.85.